The Morgan fingerprint density at radius 1 is 0.821 bits per heavy atom. The normalized spacial score (nSPS) is 26.9. The van der Waals surface area contributed by atoms with Crippen LogP contribution < -0.4 is 24.3 Å². The maximum absolute atomic E-state index is 13.1. The van der Waals surface area contributed by atoms with Gasteiger partial charge < -0.3 is 59.3 Å². The fourth-order valence-electron chi connectivity index (χ4n) is 11.5. The standard InChI is InChI=1S/C55H61NO11/c1-56-55-19-5-6-22-63-48-30-45-53(42-17-15-37(59)27-43(42)48)66-47(13-8-21-62-2)50(54(45)67-49(55)28-38(60)18-20-55)46-31-64-52-34(26-40(29-44(52)51(46)61)65-39-11-3-4-12-39)23-33-25-36(58)14-16-41(33)32-9-7-10-35(57)24-32/h7,9-10,14-17,24-27,29-30,38-39,46-47,49-51,54,56-61H,3-4,8,11-13,18-23,28,31H2,1-2H3. The van der Waals surface area contributed by atoms with Gasteiger partial charge in [0.2, 0.25) is 0 Å². The summed E-state index contributed by atoms with van der Waals surface area (Å²) in [6, 6.07) is 23.3. The largest absolute Gasteiger partial charge is 0.508 e. The highest BCUT2D eigenvalue weighted by Gasteiger charge is 2.52. The lowest BCUT2D eigenvalue weighted by Gasteiger charge is -2.51. The lowest BCUT2D eigenvalue weighted by molar-refractivity contribution is -0.166. The van der Waals surface area contributed by atoms with Crippen LogP contribution in [-0.2, 0) is 15.9 Å². The summed E-state index contributed by atoms with van der Waals surface area (Å²) in [6.45, 7) is 0.762. The van der Waals surface area contributed by atoms with E-state index in [0.29, 0.717) is 85.5 Å². The number of nitrogens with one attached hydrogen (secondary N) is 1. The Balaban J connectivity index is 1.11. The molecule has 10 rings (SSSR count). The van der Waals surface area contributed by atoms with Crippen molar-refractivity contribution in [2.24, 2.45) is 11.8 Å². The highest BCUT2D eigenvalue weighted by Crippen LogP contribution is 2.56. The summed E-state index contributed by atoms with van der Waals surface area (Å²) in [7, 11) is 3.61. The molecule has 2 bridgehead atoms. The molecule has 5 aliphatic rings. The van der Waals surface area contributed by atoms with Gasteiger partial charge in [0.25, 0.3) is 0 Å². The van der Waals surface area contributed by atoms with Crippen LogP contribution in [0.5, 0.6) is 40.2 Å². The second-order valence-corrected chi connectivity index (χ2v) is 19.1. The van der Waals surface area contributed by atoms with Crippen LogP contribution >= 0.6 is 0 Å². The Morgan fingerprint density at radius 3 is 2.46 bits per heavy atom. The van der Waals surface area contributed by atoms with Gasteiger partial charge in [0.05, 0.1) is 42.7 Å². The number of benzene rings is 5. The van der Waals surface area contributed by atoms with Crippen molar-refractivity contribution in [3.05, 3.63) is 101 Å². The van der Waals surface area contributed by atoms with Crippen molar-refractivity contribution in [1.29, 1.82) is 0 Å². The quantitative estimate of drug-likeness (QED) is 0.0552. The first-order valence-electron chi connectivity index (χ1n) is 23.9. The van der Waals surface area contributed by atoms with E-state index in [1.54, 1.807) is 49.6 Å². The van der Waals surface area contributed by atoms with E-state index in [4.69, 9.17) is 28.4 Å². The van der Waals surface area contributed by atoms with Crippen LogP contribution in [0.1, 0.15) is 98.7 Å². The SMILES string of the molecule is CNC12CC#CCOc3cc4c(c5ccc(O)cc35)OC(CCCOC)C(C3COc5c(Cc6cc(O)ccc6-c6cccc(O)c6)cc(OC6CCCC6)cc5C3O)C4OC1CC(O)CC2. The molecule has 2 saturated carbocycles. The minimum atomic E-state index is -1.06. The summed E-state index contributed by atoms with van der Waals surface area (Å²) in [5.74, 6) is 8.21. The molecule has 6 N–H and O–H groups in total. The third-order valence-corrected chi connectivity index (χ3v) is 15.0. The van der Waals surface area contributed by atoms with E-state index in [-0.39, 0.29) is 36.6 Å². The first-order valence-corrected chi connectivity index (χ1v) is 23.9. The number of hydrogen-bond donors (Lipinski definition) is 6. The van der Waals surface area contributed by atoms with E-state index < -0.39 is 47.9 Å². The maximum atomic E-state index is 13.1. The van der Waals surface area contributed by atoms with Crippen molar-refractivity contribution < 1.29 is 54.0 Å². The van der Waals surface area contributed by atoms with E-state index in [2.05, 4.69) is 17.2 Å². The highest BCUT2D eigenvalue weighted by atomic mass is 16.5. The molecule has 12 nitrogen and oxygen atoms in total. The molecule has 352 valence electrons. The van der Waals surface area contributed by atoms with Gasteiger partial charge in [-0.1, -0.05) is 30.0 Å². The number of phenolic OH excluding ortho intramolecular Hbond substituents is 3. The number of hydrogen-bond acceptors (Lipinski definition) is 12. The van der Waals surface area contributed by atoms with E-state index in [1.807, 2.05) is 43.4 Å². The predicted octanol–water partition coefficient (Wildman–Crippen LogP) is 8.80. The molecule has 12 heteroatoms. The minimum Gasteiger partial charge on any atom is -0.508 e. The van der Waals surface area contributed by atoms with Gasteiger partial charge in [0.15, 0.2) is 0 Å². The third kappa shape index (κ3) is 8.96. The van der Waals surface area contributed by atoms with Crippen LogP contribution in [0.25, 0.3) is 21.9 Å². The monoisotopic (exact) mass is 911 g/mol. The average Bonchev–Trinajstić information content (AvgIpc) is 3.83. The first-order chi connectivity index (χ1) is 32.6. The highest BCUT2D eigenvalue weighted by molar-refractivity contribution is 5.96. The van der Waals surface area contributed by atoms with Crippen LogP contribution in [0.3, 0.4) is 0 Å². The molecule has 0 amide bonds. The number of aliphatic hydroxyl groups excluding tert-OH is 2. The fourth-order valence-corrected chi connectivity index (χ4v) is 11.5. The number of likely N-dealkylation sites (N-methyl/N-ethyl adjacent to an activating group) is 1. The molecular weight excluding hydrogens is 851 g/mol. The van der Waals surface area contributed by atoms with Crippen LogP contribution in [0.4, 0.5) is 0 Å². The number of rotatable bonds is 11. The van der Waals surface area contributed by atoms with Crippen molar-refractivity contribution in [3.8, 4) is 63.2 Å². The number of fused-ring (bicyclic) bond motifs is 6. The Morgan fingerprint density at radius 2 is 1.64 bits per heavy atom. The zero-order valence-electron chi connectivity index (χ0n) is 38.2. The van der Waals surface area contributed by atoms with Crippen LogP contribution in [0, 0.1) is 23.7 Å². The zero-order chi connectivity index (χ0) is 46.2. The molecule has 8 unspecified atom stereocenters. The molecule has 0 radical (unpaired) electrons. The van der Waals surface area contributed by atoms with Gasteiger partial charge in [-0.2, -0.15) is 0 Å². The molecule has 0 saturated heterocycles. The maximum Gasteiger partial charge on any atom is 0.149 e. The zero-order valence-corrected chi connectivity index (χ0v) is 38.2. The molecule has 5 aromatic rings. The number of aromatic hydroxyl groups is 3. The summed E-state index contributed by atoms with van der Waals surface area (Å²) >= 11 is 0. The number of aliphatic hydroxyl groups is 2. The van der Waals surface area contributed by atoms with Gasteiger partial charge in [0.1, 0.15) is 53.0 Å². The van der Waals surface area contributed by atoms with Crippen molar-refractivity contribution in [3.63, 3.8) is 0 Å². The molecule has 0 aromatic heterocycles. The Bertz CT molecular complexity index is 2670. The second kappa shape index (κ2) is 19.1. The molecule has 8 atom stereocenters. The number of phenols is 3. The van der Waals surface area contributed by atoms with E-state index >= 15 is 0 Å². The van der Waals surface area contributed by atoms with E-state index in [1.165, 1.54) is 0 Å². The molecular formula is C55H61NO11. The molecule has 3 heterocycles. The summed E-state index contributed by atoms with van der Waals surface area (Å²) in [4.78, 5) is 0. The molecule has 2 aliphatic carbocycles. The smallest absolute Gasteiger partial charge is 0.149 e. The van der Waals surface area contributed by atoms with Gasteiger partial charge in [-0.3, -0.25) is 0 Å². The number of ether oxygens (including phenoxy) is 6. The second-order valence-electron chi connectivity index (χ2n) is 19.1. The van der Waals surface area contributed by atoms with Crippen LogP contribution in [0.15, 0.2) is 78.9 Å². The minimum absolute atomic E-state index is 0.0427. The molecule has 67 heavy (non-hydrogen) atoms. The van der Waals surface area contributed by atoms with Crippen molar-refractivity contribution >= 4 is 10.8 Å². The molecule has 0 spiro atoms. The van der Waals surface area contributed by atoms with E-state index in [0.717, 1.165) is 58.9 Å². The van der Waals surface area contributed by atoms with Crippen LogP contribution in [-0.4, -0.2) is 89.5 Å². The van der Waals surface area contributed by atoms with Crippen molar-refractivity contribution in [1.82, 2.24) is 5.32 Å². The Kier molecular flexibility index (Phi) is 12.9. The van der Waals surface area contributed by atoms with Crippen molar-refractivity contribution in [2.75, 3.05) is 34.0 Å². The predicted molar refractivity (Wildman–Crippen MR) is 253 cm³/mol. The average molecular weight is 912 g/mol. The van der Waals surface area contributed by atoms with Gasteiger partial charge in [-0.15, -0.1) is 0 Å². The van der Waals surface area contributed by atoms with Gasteiger partial charge >= 0.3 is 0 Å². The van der Waals surface area contributed by atoms with Crippen LogP contribution in [0.2, 0.25) is 0 Å². The summed E-state index contributed by atoms with van der Waals surface area (Å²) in [6.07, 6.45) is 4.54. The fraction of sp³-hybridized carbons (Fsp3) is 0.455. The third-order valence-electron chi connectivity index (χ3n) is 15.0. The van der Waals surface area contributed by atoms with Gasteiger partial charge in [0, 0.05) is 72.3 Å². The summed E-state index contributed by atoms with van der Waals surface area (Å²) in [5.41, 5.74) is 4.03. The lowest BCUT2D eigenvalue weighted by Crippen LogP contribution is -2.59. The summed E-state index contributed by atoms with van der Waals surface area (Å²) < 4.78 is 40.5. The Hall–Kier alpha value is -5.68. The summed E-state index contributed by atoms with van der Waals surface area (Å²) in [5, 5.41) is 61.4. The molecule has 5 aromatic carbocycles. The number of methoxy groups -OCH3 is 1. The lowest BCUT2D eigenvalue weighted by atomic mass is 9.71. The first kappa shape index (κ1) is 45.1. The Labute approximate surface area is 391 Å². The van der Waals surface area contributed by atoms with Gasteiger partial charge in [-0.05, 0) is 136 Å². The topological polar surface area (TPSA) is 169 Å². The van der Waals surface area contributed by atoms with Gasteiger partial charge in [-0.25, -0.2) is 0 Å². The van der Waals surface area contributed by atoms with Crippen molar-refractivity contribution in [2.45, 2.75) is 113 Å². The molecule has 2 fully saturated rings. The molecule has 3 aliphatic heterocycles. The van der Waals surface area contributed by atoms with E-state index in [9.17, 15) is 25.5 Å².